The van der Waals surface area contributed by atoms with Crippen LogP contribution < -0.4 is 11.3 Å². The highest BCUT2D eigenvalue weighted by Crippen LogP contribution is 2.31. The Morgan fingerprint density at radius 2 is 2.15 bits per heavy atom. The molecule has 0 unspecified atom stereocenters. The maximum absolute atomic E-state index is 11.4. The van der Waals surface area contributed by atoms with E-state index in [4.69, 9.17) is 5.73 Å². The zero-order valence-corrected chi connectivity index (χ0v) is 11.5. The Hall–Kier alpha value is -2.54. The highest BCUT2D eigenvalue weighted by molar-refractivity contribution is 7.13. The van der Waals surface area contributed by atoms with Crippen molar-refractivity contribution in [2.24, 2.45) is 7.05 Å². The first-order chi connectivity index (χ1) is 9.65. The van der Waals surface area contributed by atoms with Crippen molar-refractivity contribution in [3.8, 4) is 21.8 Å². The maximum atomic E-state index is 11.4. The Bertz CT molecular complexity index is 810. The Kier molecular flexibility index (Phi) is 3.03. The quantitative estimate of drug-likeness (QED) is 0.772. The summed E-state index contributed by atoms with van der Waals surface area (Å²) in [4.78, 5) is 20.7. The van der Waals surface area contributed by atoms with E-state index in [2.05, 4.69) is 15.1 Å². The monoisotopic (exact) mass is 285 g/mol. The second kappa shape index (κ2) is 4.86. The van der Waals surface area contributed by atoms with Crippen molar-refractivity contribution in [3.05, 3.63) is 46.2 Å². The van der Waals surface area contributed by atoms with E-state index >= 15 is 0 Å². The van der Waals surface area contributed by atoms with Crippen LogP contribution in [0.15, 0.2) is 40.6 Å². The van der Waals surface area contributed by atoms with Gasteiger partial charge in [-0.05, 0) is 17.5 Å². The van der Waals surface area contributed by atoms with Crippen LogP contribution in [0.1, 0.15) is 0 Å². The molecular formula is C13H11N5OS. The Labute approximate surface area is 118 Å². The summed E-state index contributed by atoms with van der Waals surface area (Å²) >= 11 is 1.56. The third kappa shape index (κ3) is 2.19. The summed E-state index contributed by atoms with van der Waals surface area (Å²) in [6.45, 7) is 0. The molecule has 0 bridgehead atoms. The molecule has 3 aromatic heterocycles. The average molecular weight is 285 g/mol. The highest BCUT2D eigenvalue weighted by atomic mass is 32.1. The van der Waals surface area contributed by atoms with Crippen LogP contribution in [0.5, 0.6) is 0 Å². The lowest BCUT2D eigenvalue weighted by molar-refractivity contribution is 0.712. The van der Waals surface area contributed by atoms with Gasteiger partial charge in [0.25, 0.3) is 5.56 Å². The molecule has 2 N–H and O–H groups in total. The number of aromatic nitrogens is 4. The zero-order chi connectivity index (χ0) is 14.1. The fourth-order valence-corrected chi connectivity index (χ4v) is 2.56. The minimum Gasteiger partial charge on any atom is -0.368 e. The molecule has 7 heteroatoms. The van der Waals surface area contributed by atoms with Crippen molar-refractivity contribution in [2.75, 3.05) is 5.73 Å². The van der Waals surface area contributed by atoms with E-state index < -0.39 is 0 Å². The number of rotatable bonds is 2. The van der Waals surface area contributed by atoms with Crippen LogP contribution in [0.2, 0.25) is 0 Å². The average Bonchev–Trinajstić information content (AvgIpc) is 2.96. The van der Waals surface area contributed by atoms with Crippen molar-refractivity contribution in [1.29, 1.82) is 0 Å². The number of aryl methyl sites for hydroxylation is 1. The number of hydrogen-bond acceptors (Lipinski definition) is 6. The van der Waals surface area contributed by atoms with Gasteiger partial charge in [0.05, 0.1) is 16.3 Å². The predicted molar refractivity (Wildman–Crippen MR) is 78.2 cm³/mol. The van der Waals surface area contributed by atoms with Crippen molar-refractivity contribution in [3.63, 3.8) is 0 Å². The first kappa shape index (κ1) is 12.5. The molecule has 20 heavy (non-hydrogen) atoms. The smallest absolute Gasteiger partial charge is 0.266 e. The Balaban J connectivity index is 2.23. The summed E-state index contributed by atoms with van der Waals surface area (Å²) in [7, 11) is 1.61. The molecular weight excluding hydrogens is 274 g/mol. The van der Waals surface area contributed by atoms with Crippen molar-refractivity contribution >= 4 is 17.3 Å². The van der Waals surface area contributed by atoms with Gasteiger partial charge >= 0.3 is 0 Å². The van der Waals surface area contributed by atoms with Gasteiger partial charge in [-0.1, -0.05) is 6.07 Å². The summed E-state index contributed by atoms with van der Waals surface area (Å²) in [6.07, 6.45) is 1.63. The number of thiophene rings is 1. The van der Waals surface area contributed by atoms with Gasteiger partial charge in [0.15, 0.2) is 0 Å². The number of nitrogens with zero attached hydrogens (tertiary/aromatic N) is 4. The van der Waals surface area contributed by atoms with Crippen LogP contribution >= 0.6 is 11.3 Å². The highest BCUT2D eigenvalue weighted by Gasteiger charge is 2.13. The molecule has 100 valence electrons. The SMILES string of the molecule is Cn1nc(-c2cnc(N)nc2-c2cccs2)ccc1=O. The van der Waals surface area contributed by atoms with Crippen LogP contribution in [-0.2, 0) is 7.05 Å². The van der Waals surface area contributed by atoms with Crippen molar-refractivity contribution in [2.45, 2.75) is 0 Å². The fraction of sp³-hybridized carbons (Fsp3) is 0.0769. The molecule has 0 aliphatic carbocycles. The van der Waals surface area contributed by atoms with E-state index in [1.165, 1.54) is 10.7 Å². The van der Waals surface area contributed by atoms with Crippen LogP contribution in [0, 0.1) is 0 Å². The molecule has 0 aliphatic heterocycles. The summed E-state index contributed by atoms with van der Waals surface area (Å²) in [5, 5.41) is 6.20. The third-order valence-electron chi connectivity index (χ3n) is 2.80. The van der Waals surface area contributed by atoms with Crippen LogP contribution in [0.4, 0.5) is 5.95 Å². The summed E-state index contributed by atoms with van der Waals surface area (Å²) in [5.41, 5.74) is 7.61. The second-order valence-corrected chi connectivity index (χ2v) is 5.10. The summed E-state index contributed by atoms with van der Waals surface area (Å²) < 4.78 is 1.28. The lowest BCUT2D eigenvalue weighted by Gasteiger charge is -2.07. The van der Waals surface area contributed by atoms with Gasteiger partial charge in [0.1, 0.15) is 0 Å². The Morgan fingerprint density at radius 3 is 2.85 bits per heavy atom. The molecule has 0 spiro atoms. The van der Waals surface area contributed by atoms with Crippen molar-refractivity contribution < 1.29 is 0 Å². The zero-order valence-electron chi connectivity index (χ0n) is 10.6. The maximum Gasteiger partial charge on any atom is 0.266 e. The van der Waals surface area contributed by atoms with E-state index in [-0.39, 0.29) is 11.5 Å². The molecule has 0 saturated carbocycles. The van der Waals surface area contributed by atoms with E-state index in [1.807, 2.05) is 17.5 Å². The largest absolute Gasteiger partial charge is 0.368 e. The molecule has 3 rings (SSSR count). The molecule has 0 aromatic carbocycles. The van der Waals surface area contributed by atoms with Gasteiger partial charge in [-0.15, -0.1) is 11.3 Å². The molecule has 0 saturated heterocycles. The summed E-state index contributed by atoms with van der Waals surface area (Å²) in [6, 6.07) is 7.03. The van der Waals surface area contributed by atoms with Crippen molar-refractivity contribution in [1.82, 2.24) is 19.7 Å². The first-order valence-electron chi connectivity index (χ1n) is 5.86. The normalized spacial score (nSPS) is 10.7. The standard InChI is InChI=1S/C13H11N5OS/c1-18-11(19)5-4-9(17-18)8-7-15-13(14)16-12(8)10-3-2-6-20-10/h2-7H,1H3,(H2,14,15,16). The van der Waals surface area contributed by atoms with E-state index in [1.54, 1.807) is 30.6 Å². The van der Waals surface area contributed by atoms with Crippen LogP contribution in [0.3, 0.4) is 0 Å². The van der Waals surface area contributed by atoms with E-state index in [9.17, 15) is 4.79 Å². The molecule has 6 nitrogen and oxygen atoms in total. The molecule has 3 aromatic rings. The lowest BCUT2D eigenvalue weighted by Crippen LogP contribution is -2.18. The van der Waals surface area contributed by atoms with Gasteiger partial charge in [0, 0.05) is 24.9 Å². The second-order valence-electron chi connectivity index (χ2n) is 4.15. The third-order valence-corrected chi connectivity index (χ3v) is 3.67. The number of nitrogen functional groups attached to an aromatic ring is 1. The van der Waals surface area contributed by atoms with Gasteiger partial charge in [0.2, 0.25) is 5.95 Å². The minimum atomic E-state index is -0.164. The number of nitrogens with two attached hydrogens (primary N) is 1. The van der Waals surface area contributed by atoms with Crippen LogP contribution in [0.25, 0.3) is 21.8 Å². The molecule has 0 radical (unpaired) electrons. The number of hydrogen-bond donors (Lipinski definition) is 1. The summed E-state index contributed by atoms with van der Waals surface area (Å²) in [5.74, 6) is 0.210. The lowest BCUT2D eigenvalue weighted by atomic mass is 10.1. The molecule has 0 atom stereocenters. The fourth-order valence-electron chi connectivity index (χ4n) is 1.83. The van der Waals surface area contributed by atoms with Crippen LogP contribution in [-0.4, -0.2) is 19.7 Å². The number of anilines is 1. The van der Waals surface area contributed by atoms with Gasteiger partial charge in [-0.25, -0.2) is 14.6 Å². The molecule has 0 aliphatic rings. The molecule has 3 heterocycles. The predicted octanol–water partition coefficient (Wildman–Crippen LogP) is 1.55. The van der Waals surface area contributed by atoms with Gasteiger partial charge in [-0.3, -0.25) is 4.79 Å². The molecule has 0 amide bonds. The topological polar surface area (TPSA) is 86.7 Å². The van der Waals surface area contributed by atoms with E-state index in [0.717, 1.165) is 16.1 Å². The van der Waals surface area contributed by atoms with Gasteiger partial charge in [-0.2, -0.15) is 5.10 Å². The first-order valence-corrected chi connectivity index (χ1v) is 6.74. The Morgan fingerprint density at radius 1 is 1.30 bits per heavy atom. The van der Waals surface area contributed by atoms with Gasteiger partial charge < -0.3 is 5.73 Å². The molecule has 0 fully saturated rings. The minimum absolute atomic E-state index is 0.164. The van der Waals surface area contributed by atoms with E-state index in [0.29, 0.717) is 5.69 Å².